The van der Waals surface area contributed by atoms with Gasteiger partial charge in [-0.2, -0.15) is 5.26 Å². The molecule has 0 saturated carbocycles. The summed E-state index contributed by atoms with van der Waals surface area (Å²) in [6, 6.07) is 11.2. The number of piperidine rings is 1. The molecule has 0 amide bonds. The van der Waals surface area contributed by atoms with Crippen molar-refractivity contribution in [3.63, 3.8) is 0 Å². The summed E-state index contributed by atoms with van der Waals surface area (Å²) >= 11 is 0. The Morgan fingerprint density at radius 3 is 2.72 bits per heavy atom. The van der Waals surface area contributed by atoms with Gasteiger partial charge < -0.3 is 4.57 Å². The maximum atomic E-state index is 9.16. The fourth-order valence-corrected chi connectivity index (χ4v) is 4.51. The number of fused-ring (bicyclic) bond motifs is 2. The molecule has 1 aromatic heterocycles. The van der Waals surface area contributed by atoms with Crippen LogP contribution in [0.5, 0.6) is 0 Å². The van der Waals surface area contributed by atoms with Crippen LogP contribution >= 0.6 is 0 Å². The monoisotopic (exact) mass is 335 g/mol. The van der Waals surface area contributed by atoms with Crippen LogP contribution in [0.25, 0.3) is 0 Å². The zero-order valence-corrected chi connectivity index (χ0v) is 14.9. The minimum Gasteiger partial charge on any atom is -0.337 e. The van der Waals surface area contributed by atoms with Gasteiger partial charge in [-0.1, -0.05) is 24.3 Å². The van der Waals surface area contributed by atoms with Crippen molar-refractivity contribution in [2.24, 2.45) is 7.05 Å². The Balaban J connectivity index is 1.52. The van der Waals surface area contributed by atoms with Crippen LogP contribution in [0.1, 0.15) is 29.8 Å². The molecule has 5 heteroatoms. The summed E-state index contributed by atoms with van der Waals surface area (Å²) in [6.45, 7) is 5.52. The van der Waals surface area contributed by atoms with Gasteiger partial charge in [0.2, 0.25) is 0 Å². The van der Waals surface area contributed by atoms with Crippen molar-refractivity contribution in [2.45, 2.75) is 31.3 Å². The molecule has 0 N–H and O–H groups in total. The van der Waals surface area contributed by atoms with Crippen molar-refractivity contribution >= 4 is 0 Å². The average Bonchev–Trinajstić information content (AvgIpc) is 3.02. The van der Waals surface area contributed by atoms with Gasteiger partial charge >= 0.3 is 0 Å². The van der Waals surface area contributed by atoms with Crippen molar-refractivity contribution in [3.8, 4) is 6.07 Å². The van der Waals surface area contributed by atoms with Gasteiger partial charge in [0.05, 0.1) is 19.2 Å². The predicted molar refractivity (Wildman–Crippen MR) is 96.7 cm³/mol. The van der Waals surface area contributed by atoms with E-state index in [2.05, 4.69) is 56.7 Å². The highest BCUT2D eigenvalue weighted by Gasteiger charge is 2.41. The van der Waals surface area contributed by atoms with Crippen molar-refractivity contribution in [1.29, 1.82) is 5.26 Å². The normalized spacial score (nSPS) is 20.3. The summed E-state index contributed by atoms with van der Waals surface area (Å²) in [5.41, 5.74) is 3.12. The van der Waals surface area contributed by atoms with E-state index >= 15 is 0 Å². The van der Waals surface area contributed by atoms with Crippen LogP contribution in [-0.4, -0.2) is 45.5 Å². The fraction of sp³-hybridized carbons (Fsp3) is 0.500. The Morgan fingerprint density at radius 2 is 2.00 bits per heavy atom. The predicted octanol–water partition coefficient (Wildman–Crippen LogP) is 2.29. The molecular formula is C20H25N5. The highest BCUT2D eigenvalue weighted by molar-refractivity contribution is 5.38. The first-order chi connectivity index (χ1) is 12.2. The second-order valence-electron chi connectivity index (χ2n) is 7.47. The third-order valence-electron chi connectivity index (χ3n) is 5.90. The SMILES string of the molecule is Cn1ccnc1CN1CCC2(CC1)CN(CC#N)Cc1ccccc12. The molecule has 2 aliphatic heterocycles. The van der Waals surface area contributed by atoms with Crippen LogP contribution in [0.15, 0.2) is 36.7 Å². The zero-order chi connectivity index (χ0) is 17.3. The number of benzene rings is 1. The van der Waals surface area contributed by atoms with E-state index in [0.29, 0.717) is 6.54 Å². The fourth-order valence-electron chi connectivity index (χ4n) is 4.51. The van der Waals surface area contributed by atoms with E-state index in [1.807, 2.05) is 12.4 Å². The number of likely N-dealkylation sites (tertiary alicyclic amines) is 1. The van der Waals surface area contributed by atoms with E-state index in [-0.39, 0.29) is 5.41 Å². The minimum atomic E-state index is 0.198. The van der Waals surface area contributed by atoms with Crippen molar-refractivity contribution < 1.29 is 0 Å². The molecule has 0 aliphatic carbocycles. The quantitative estimate of drug-likeness (QED) is 0.808. The van der Waals surface area contributed by atoms with Crippen LogP contribution < -0.4 is 0 Å². The highest BCUT2D eigenvalue weighted by atomic mass is 15.2. The van der Waals surface area contributed by atoms with E-state index in [0.717, 1.165) is 51.4 Å². The topological polar surface area (TPSA) is 48.1 Å². The Morgan fingerprint density at radius 1 is 1.20 bits per heavy atom. The lowest BCUT2D eigenvalue weighted by Gasteiger charge is -2.48. The first-order valence-corrected chi connectivity index (χ1v) is 9.06. The van der Waals surface area contributed by atoms with Crippen LogP contribution in [0.4, 0.5) is 0 Å². The number of nitrogens with zero attached hydrogens (tertiary/aromatic N) is 5. The van der Waals surface area contributed by atoms with Gasteiger partial charge in [-0.05, 0) is 37.1 Å². The molecule has 1 aromatic carbocycles. The van der Waals surface area contributed by atoms with Gasteiger partial charge in [0.15, 0.2) is 0 Å². The molecule has 130 valence electrons. The molecular weight excluding hydrogens is 310 g/mol. The number of imidazole rings is 1. The van der Waals surface area contributed by atoms with Crippen LogP contribution in [-0.2, 0) is 25.6 Å². The Labute approximate surface area is 149 Å². The van der Waals surface area contributed by atoms with E-state index in [1.165, 1.54) is 11.1 Å². The summed E-state index contributed by atoms with van der Waals surface area (Å²) in [5.74, 6) is 1.13. The van der Waals surface area contributed by atoms with Crippen LogP contribution in [0, 0.1) is 11.3 Å². The van der Waals surface area contributed by atoms with Crippen molar-refractivity contribution in [2.75, 3.05) is 26.2 Å². The maximum absolute atomic E-state index is 9.16. The zero-order valence-electron chi connectivity index (χ0n) is 14.9. The standard InChI is InChI=1S/C20H25N5/c1-23-13-9-22-19(23)15-24-10-6-20(7-11-24)16-25(12-8-21)14-17-4-2-3-5-18(17)20/h2-5,9,13H,6-7,10-12,14-16H2,1H3. The third kappa shape index (κ3) is 3.08. The molecule has 2 aliphatic rings. The first kappa shape index (κ1) is 16.3. The van der Waals surface area contributed by atoms with E-state index in [1.54, 1.807) is 0 Å². The van der Waals surface area contributed by atoms with Gasteiger partial charge in [0.1, 0.15) is 5.82 Å². The van der Waals surface area contributed by atoms with E-state index in [9.17, 15) is 0 Å². The summed E-state index contributed by atoms with van der Waals surface area (Å²) in [6.07, 6.45) is 6.18. The number of nitriles is 1. The molecule has 0 radical (unpaired) electrons. The molecule has 25 heavy (non-hydrogen) atoms. The number of rotatable bonds is 3. The second kappa shape index (κ2) is 6.62. The van der Waals surface area contributed by atoms with Gasteiger partial charge in [-0.25, -0.2) is 4.98 Å². The Hall–Kier alpha value is -2.16. The maximum Gasteiger partial charge on any atom is 0.122 e. The average molecular weight is 335 g/mol. The second-order valence-corrected chi connectivity index (χ2v) is 7.47. The minimum absolute atomic E-state index is 0.198. The molecule has 4 rings (SSSR count). The number of aryl methyl sites for hydroxylation is 1. The van der Waals surface area contributed by atoms with Gasteiger partial charge in [0.25, 0.3) is 0 Å². The van der Waals surface area contributed by atoms with E-state index in [4.69, 9.17) is 5.26 Å². The lowest BCUT2D eigenvalue weighted by Crippen LogP contribution is -2.51. The molecule has 3 heterocycles. The lowest BCUT2D eigenvalue weighted by molar-refractivity contribution is 0.0991. The van der Waals surface area contributed by atoms with Gasteiger partial charge in [0, 0.05) is 37.9 Å². The molecule has 0 atom stereocenters. The summed E-state index contributed by atoms with van der Waals surface area (Å²) in [7, 11) is 2.06. The first-order valence-electron chi connectivity index (χ1n) is 9.06. The number of hydrogen-bond acceptors (Lipinski definition) is 4. The smallest absolute Gasteiger partial charge is 0.122 e. The largest absolute Gasteiger partial charge is 0.337 e. The summed E-state index contributed by atoms with van der Waals surface area (Å²) in [5, 5.41) is 9.16. The van der Waals surface area contributed by atoms with Crippen LogP contribution in [0.3, 0.4) is 0 Å². The molecule has 2 aromatic rings. The molecule has 5 nitrogen and oxygen atoms in total. The Kier molecular flexibility index (Phi) is 4.32. The number of hydrogen-bond donors (Lipinski definition) is 0. The highest BCUT2D eigenvalue weighted by Crippen LogP contribution is 2.41. The van der Waals surface area contributed by atoms with Gasteiger partial charge in [-0.3, -0.25) is 9.80 Å². The molecule has 1 spiro atoms. The Bertz CT molecular complexity index is 779. The molecule has 0 unspecified atom stereocenters. The molecule has 1 saturated heterocycles. The molecule has 1 fully saturated rings. The van der Waals surface area contributed by atoms with Crippen molar-refractivity contribution in [1.82, 2.24) is 19.4 Å². The summed E-state index contributed by atoms with van der Waals surface area (Å²) < 4.78 is 2.11. The van der Waals surface area contributed by atoms with Gasteiger partial charge in [-0.15, -0.1) is 0 Å². The molecule has 0 bridgehead atoms. The lowest BCUT2D eigenvalue weighted by atomic mass is 9.69. The van der Waals surface area contributed by atoms with E-state index < -0.39 is 0 Å². The van der Waals surface area contributed by atoms with Crippen molar-refractivity contribution in [3.05, 3.63) is 53.6 Å². The van der Waals surface area contributed by atoms with Crippen LogP contribution in [0.2, 0.25) is 0 Å². The third-order valence-corrected chi connectivity index (χ3v) is 5.90. The number of aromatic nitrogens is 2. The summed E-state index contributed by atoms with van der Waals surface area (Å²) in [4.78, 5) is 9.29.